The van der Waals surface area contributed by atoms with Gasteiger partial charge < -0.3 is 9.80 Å². The van der Waals surface area contributed by atoms with Gasteiger partial charge in [-0.2, -0.15) is 0 Å². The number of carbonyl (C=O) groups is 2. The minimum Gasteiger partial charge on any atom is -0.338 e. The van der Waals surface area contributed by atoms with Crippen molar-refractivity contribution in [3.63, 3.8) is 0 Å². The Bertz CT molecular complexity index is 680. The van der Waals surface area contributed by atoms with Gasteiger partial charge in [-0.1, -0.05) is 25.5 Å². The Morgan fingerprint density at radius 3 is 2.46 bits per heavy atom. The zero-order chi connectivity index (χ0) is 18.1. The summed E-state index contributed by atoms with van der Waals surface area (Å²) >= 11 is 0. The molecule has 2 amide bonds. The molecule has 0 radical (unpaired) electrons. The number of amides is 2. The standard InChI is InChI=1S/C22H30N2O2/c1-2-3-6-17-7-9-18(10-8-17)20(25)24-16-5-14-22(24)13-4-15-23(21(22)26)19-11-12-19/h7-10,19H,2-6,11-16H2,1H3. The third-order valence-electron chi connectivity index (χ3n) is 6.39. The fourth-order valence-electron chi connectivity index (χ4n) is 4.76. The molecule has 140 valence electrons. The maximum atomic E-state index is 13.3. The number of unbranched alkanes of at least 4 members (excludes halogenated alkanes) is 1. The second-order valence-corrected chi connectivity index (χ2v) is 8.23. The molecule has 1 aromatic rings. The summed E-state index contributed by atoms with van der Waals surface area (Å²) in [7, 11) is 0. The second-order valence-electron chi connectivity index (χ2n) is 8.23. The van der Waals surface area contributed by atoms with E-state index in [0.717, 1.165) is 57.1 Å². The van der Waals surface area contributed by atoms with Crippen molar-refractivity contribution in [1.29, 1.82) is 0 Å². The van der Waals surface area contributed by atoms with Gasteiger partial charge in [0.2, 0.25) is 5.91 Å². The van der Waals surface area contributed by atoms with Gasteiger partial charge in [-0.15, -0.1) is 0 Å². The van der Waals surface area contributed by atoms with Crippen LogP contribution in [0.3, 0.4) is 0 Å². The van der Waals surface area contributed by atoms with Crippen LogP contribution in [0.5, 0.6) is 0 Å². The maximum Gasteiger partial charge on any atom is 0.254 e. The van der Waals surface area contributed by atoms with Crippen LogP contribution in [0.25, 0.3) is 0 Å². The van der Waals surface area contributed by atoms with Gasteiger partial charge in [-0.05, 0) is 69.1 Å². The molecule has 0 bridgehead atoms. The molecule has 1 aromatic carbocycles. The van der Waals surface area contributed by atoms with Crippen molar-refractivity contribution in [3.8, 4) is 0 Å². The lowest BCUT2D eigenvalue weighted by Gasteiger charge is -2.44. The van der Waals surface area contributed by atoms with Crippen molar-refractivity contribution in [2.75, 3.05) is 13.1 Å². The smallest absolute Gasteiger partial charge is 0.254 e. The lowest BCUT2D eigenvalue weighted by atomic mass is 9.85. The van der Waals surface area contributed by atoms with Crippen LogP contribution in [0.4, 0.5) is 0 Å². The molecule has 26 heavy (non-hydrogen) atoms. The Balaban J connectivity index is 1.54. The average molecular weight is 354 g/mol. The molecule has 0 N–H and O–H groups in total. The van der Waals surface area contributed by atoms with E-state index in [1.807, 2.05) is 17.0 Å². The van der Waals surface area contributed by atoms with E-state index in [1.54, 1.807) is 0 Å². The zero-order valence-electron chi connectivity index (χ0n) is 15.9. The molecule has 1 atom stereocenters. The minimum absolute atomic E-state index is 0.0375. The van der Waals surface area contributed by atoms with Crippen LogP contribution in [0.2, 0.25) is 0 Å². The van der Waals surface area contributed by atoms with Gasteiger partial charge in [0.15, 0.2) is 0 Å². The molecule has 4 nitrogen and oxygen atoms in total. The van der Waals surface area contributed by atoms with Crippen molar-refractivity contribution in [3.05, 3.63) is 35.4 Å². The molecule has 2 aliphatic heterocycles. The van der Waals surface area contributed by atoms with Gasteiger partial charge in [-0.3, -0.25) is 9.59 Å². The Morgan fingerprint density at radius 1 is 1.12 bits per heavy atom. The summed E-state index contributed by atoms with van der Waals surface area (Å²) in [6.07, 6.45) is 9.29. The normalized spacial score (nSPS) is 26.0. The number of piperidine rings is 1. The van der Waals surface area contributed by atoms with Gasteiger partial charge in [0.25, 0.3) is 5.91 Å². The molecule has 2 saturated heterocycles. The van der Waals surface area contributed by atoms with Crippen molar-refractivity contribution in [2.45, 2.75) is 76.3 Å². The highest BCUT2D eigenvalue weighted by molar-refractivity contribution is 6.00. The van der Waals surface area contributed by atoms with E-state index in [1.165, 1.54) is 18.4 Å². The van der Waals surface area contributed by atoms with E-state index in [0.29, 0.717) is 12.6 Å². The first kappa shape index (κ1) is 17.6. The summed E-state index contributed by atoms with van der Waals surface area (Å²) in [5, 5.41) is 0. The highest BCUT2D eigenvalue weighted by atomic mass is 16.2. The summed E-state index contributed by atoms with van der Waals surface area (Å²) in [4.78, 5) is 30.5. The molecule has 3 aliphatic rings. The molecule has 0 aromatic heterocycles. The fraction of sp³-hybridized carbons (Fsp3) is 0.636. The number of likely N-dealkylation sites (tertiary alicyclic amines) is 2. The summed E-state index contributed by atoms with van der Waals surface area (Å²) in [5.41, 5.74) is 1.44. The SMILES string of the molecule is CCCCc1ccc(C(=O)N2CCCC23CCCN(C2CC2)C3=O)cc1. The van der Waals surface area contributed by atoms with Crippen LogP contribution in [-0.4, -0.2) is 46.3 Å². The lowest BCUT2D eigenvalue weighted by Crippen LogP contribution is -2.61. The molecular formula is C22H30N2O2. The number of nitrogens with zero attached hydrogens (tertiary/aromatic N) is 2. The van der Waals surface area contributed by atoms with Crippen LogP contribution >= 0.6 is 0 Å². The van der Waals surface area contributed by atoms with E-state index >= 15 is 0 Å². The molecule has 1 unspecified atom stereocenters. The van der Waals surface area contributed by atoms with Crippen LogP contribution in [-0.2, 0) is 11.2 Å². The molecular weight excluding hydrogens is 324 g/mol. The van der Waals surface area contributed by atoms with Crippen LogP contribution < -0.4 is 0 Å². The van der Waals surface area contributed by atoms with Gasteiger partial charge in [-0.25, -0.2) is 0 Å². The summed E-state index contributed by atoms with van der Waals surface area (Å²) in [6, 6.07) is 8.49. The van der Waals surface area contributed by atoms with E-state index < -0.39 is 5.54 Å². The third kappa shape index (κ3) is 3.04. The number of carbonyl (C=O) groups excluding carboxylic acids is 2. The van der Waals surface area contributed by atoms with Crippen molar-refractivity contribution in [2.24, 2.45) is 0 Å². The van der Waals surface area contributed by atoms with E-state index in [9.17, 15) is 9.59 Å². The number of benzene rings is 1. The van der Waals surface area contributed by atoms with Gasteiger partial charge in [0, 0.05) is 24.7 Å². The maximum absolute atomic E-state index is 13.3. The molecule has 3 fully saturated rings. The topological polar surface area (TPSA) is 40.6 Å². The first-order valence-corrected chi connectivity index (χ1v) is 10.4. The summed E-state index contributed by atoms with van der Waals surface area (Å²) in [5.74, 6) is 0.257. The van der Waals surface area contributed by atoms with E-state index in [2.05, 4.69) is 24.0 Å². The zero-order valence-corrected chi connectivity index (χ0v) is 15.9. The molecule has 1 saturated carbocycles. The number of hydrogen-bond acceptors (Lipinski definition) is 2. The monoisotopic (exact) mass is 354 g/mol. The molecule has 2 heterocycles. The Labute approximate surface area is 156 Å². The number of rotatable bonds is 5. The minimum atomic E-state index is -0.571. The van der Waals surface area contributed by atoms with Gasteiger partial charge >= 0.3 is 0 Å². The predicted octanol–water partition coefficient (Wildman–Crippen LogP) is 3.79. The van der Waals surface area contributed by atoms with E-state index in [4.69, 9.17) is 0 Å². The summed E-state index contributed by atoms with van der Waals surface area (Å²) < 4.78 is 0. The molecule has 1 spiro atoms. The van der Waals surface area contributed by atoms with E-state index in [-0.39, 0.29) is 11.8 Å². The van der Waals surface area contributed by atoms with Crippen LogP contribution in [0, 0.1) is 0 Å². The molecule has 4 rings (SSSR count). The highest BCUT2D eigenvalue weighted by Gasteiger charge is 2.54. The first-order chi connectivity index (χ1) is 12.7. The van der Waals surface area contributed by atoms with Gasteiger partial charge in [0.1, 0.15) is 5.54 Å². The van der Waals surface area contributed by atoms with Crippen LogP contribution in [0.1, 0.15) is 74.2 Å². The quantitative estimate of drug-likeness (QED) is 0.807. The Morgan fingerprint density at radius 2 is 1.81 bits per heavy atom. The molecule has 1 aliphatic carbocycles. The highest BCUT2D eigenvalue weighted by Crippen LogP contribution is 2.42. The first-order valence-electron chi connectivity index (χ1n) is 10.4. The Hall–Kier alpha value is -1.84. The van der Waals surface area contributed by atoms with Gasteiger partial charge in [0.05, 0.1) is 0 Å². The predicted molar refractivity (Wildman–Crippen MR) is 102 cm³/mol. The van der Waals surface area contributed by atoms with Crippen molar-refractivity contribution >= 4 is 11.8 Å². The Kier molecular flexibility index (Phi) is 4.76. The number of hydrogen-bond donors (Lipinski definition) is 0. The fourth-order valence-corrected chi connectivity index (χ4v) is 4.76. The average Bonchev–Trinajstić information content (AvgIpc) is 3.42. The molecule has 4 heteroatoms. The lowest BCUT2D eigenvalue weighted by molar-refractivity contribution is -0.146. The second kappa shape index (κ2) is 7.05. The third-order valence-corrected chi connectivity index (χ3v) is 6.39. The summed E-state index contributed by atoms with van der Waals surface area (Å²) in [6.45, 7) is 3.77. The van der Waals surface area contributed by atoms with Crippen molar-refractivity contribution < 1.29 is 9.59 Å². The largest absolute Gasteiger partial charge is 0.338 e. The van der Waals surface area contributed by atoms with Crippen molar-refractivity contribution in [1.82, 2.24) is 9.80 Å². The van der Waals surface area contributed by atoms with Crippen LogP contribution in [0.15, 0.2) is 24.3 Å². The number of aryl methyl sites for hydroxylation is 1.